The third-order valence-electron chi connectivity index (χ3n) is 3.27. The molecule has 0 radical (unpaired) electrons. The van der Waals surface area contributed by atoms with Crippen LogP contribution in [0.2, 0.25) is 0 Å². The summed E-state index contributed by atoms with van der Waals surface area (Å²) in [5, 5.41) is 9.21. The fraction of sp³-hybridized carbons (Fsp3) is 0.267. The molecule has 0 aliphatic heterocycles. The van der Waals surface area contributed by atoms with Gasteiger partial charge in [-0.05, 0) is 24.8 Å². The number of aromatic nitrogens is 2. The van der Waals surface area contributed by atoms with Crippen LogP contribution in [0, 0.1) is 23.0 Å². The van der Waals surface area contributed by atoms with Crippen LogP contribution in [0.15, 0.2) is 22.1 Å². The van der Waals surface area contributed by atoms with Crippen LogP contribution >= 0.6 is 11.8 Å². The standard InChI is InChI=1S/C15H14F2N4O3S2/c1-3-6-26(23,24)21-10-5-4-9(16)11(12(10)17)13-8(7-18)14(22)20-15(19-13)25-2/h4-5,21H,3,6H2,1-2H3,(H,19,20,22). The van der Waals surface area contributed by atoms with E-state index in [1.54, 1.807) is 19.2 Å². The van der Waals surface area contributed by atoms with E-state index in [2.05, 4.69) is 9.97 Å². The van der Waals surface area contributed by atoms with Gasteiger partial charge in [-0.3, -0.25) is 9.52 Å². The molecule has 2 N–H and O–H groups in total. The Morgan fingerprint density at radius 3 is 2.65 bits per heavy atom. The highest BCUT2D eigenvalue weighted by atomic mass is 32.2. The van der Waals surface area contributed by atoms with E-state index in [0.717, 1.165) is 23.9 Å². The number of H-pyrrole nitrogens is 1. The number of halogens is 2. The fourth-order valence-electron chi connectivity index (χ4n) is 2.17. The van der Waals surface area contributed by atoms with E-state index in [4.69, 9.17) is 5.26 Å². The van der Waals surface area contributed by atoms with Crippen molar-refractivity contribution in [2.45, 2.75) is 18.5 Å². The van der Waals surface area contributed by atoms with Gasteiger partial charge < -0.3 is 4.98 Å². The third-order valence-corrected chi connectivity index (χ3v) is 5.33. The van der Waals surface area contributed by atoms with Crippen molar-refractivity contribution in [3.8, 4) is 17.3 Å². The van der Waals surface area contributed by atoms with Crippen LogP contribution in [0.25, 0.3) is 11.3 Å². The third kappa shape index (κ3) is 4.03. The molecule has 11 heteroatoms. The Labute approximate surface area is 152 Å². The molecule has 2 rings (SSSR count). The maximum Gasteiger partial charge on any atom is 0.270 e. The van der Waals surface area contributed by atoms with E-state index in [1.807, 2.05) is 4.72 Å². The molecule has 0 atom stereocenters. The minimum Gasteiger partial charge on any atom is -0.300 e. The van der Waals surface area contributed by atoms with Crippen molar-refractivity contribution in [2.75, 3.05) is 16.7 Å². The second-order valence-corrected chi connectivity index (χ2v) is 7.75. The van der Waals surface area contributed by atoms with Crippen LogP contribution in [0.4, 0.5) is 14.5 Å². The Balaban J connectivity index is 2.73. The summed E-state index contributed by atoms with van der Waals surface area (Å²) in [4.78, 5) is 18.2. The molecule has 1 aromatic carbocycles. The second-order valence-electron chi connectivity index (χ2n) is 5.12. The lowest BCUT2D eigenvalue weighted by Crippen LogP contribution is -2.18. The maximum atomic E-state index is 14.8. The number of nitrogens with zero attached hydrogens (tertiary/aromatic N) is 2. The molecule has 138 valence electrons. The maximum absolute atomic E-state index is 14.8. The number of benzene rings is 1. The Bertz CT molecular complexity index is 1050. The highest BCUT2D eigenvalue weighted by Gasteiger charge is 2.24. The highest BCUT2D eigenvalue weighted by Crippen LogP contribution is 2.31. The van der Waals surface area contributed by atoms with E-state index >= 15 is 0 Å². The molecule has 0 spiro atoms. The van der Waals surface area contributed by atoms with E-state index in [0.29, 0.717) is 6.42 Å². The van der Waals surface area contributed by atoms with Gasteiger partial charge in [0.2, 0.25) is 10.0 Å². The molecular formula is C15H14F2N4O3S2. The van der Waals surface area contributed by atoms with Crippen molar-refractivity contribution in [3.05, 3.63) is 39.7 Å². The number of hydrogen-bond donors (Lipinski definition) is 2. The van der Waals surface area contributed by atoms with Gasteiger partial charge in [-0.15, -0.1) is 0 Å². The first kappa shape index (κ1) is 19.9. The lowest BCUT2D eigenvalue weighted by Gasteiger charge is -2.12. The van der Waals surface area contributed by atoms with Crippen LogP contribution in [0.5, 0.6) is 0 Å². The number of hydrogen-bond acceptors (Lipinski definition) is 6. The number of nitrogens with one attached hydrogen (secondary N) is 2. The molecular weight excluding hydrogens is 386 g/mol. The number of nitriles is 1. The lowest BCUT2D eigenvalue weighted by atomic mass is 10.1. The first-order valence-corrected chi connectivity index (χ1v) is 10.2. The van der Waals surface area contributed by atoms with Crippen LogP contribution < -0.4 is 10.3 Å². The summed E-state index contributed by atoms with van der Waals surface area (Å²) in [5.74, 6) is -2.59. The van der Waals surface area contributed by atoms with Crippen molar-refractivity contribution in [2.24, 2.45) is 0 Å². The molecule has 7 nitrogen and oxygen atoms in total. The van der Waals surface area contributed by atoms with Crippen LogP contribution in [-0.4, -0.2) is 30.4 Å². The van der Waals surface area contributed by atoms with Gasteiger partial charge >= 0.3 is 0 Å². The zero-order valence-corrected chi connectivity index (χ0v) is 15.4. The summed E-state index contributed by atoms with van der Waals surface area (Å²) < 4.78 is 54.9. The monoisotopic (exact) mass is 400 g/mol. The predicted octanol–water partition coefficient (Wildman–Crippen LogP) is 2.46. The quantitative estimate of drug-likeness (QED) is 0.568. The summed E-state index contributed by atoms with van der Waals surface area (Å²) in [7, 11) is -3.83. The summed E-state index contributed by atoms with van der Waals surface area (Å²) in [5.41, 5.74) is -3.16. The number of anilines is 1. The molecule has 2 aromatic rings. The molecule has 0 aliphatic carbocycles. The molecule has 0 fully saturated rings. The SMILES string of the molecule is CCCS(=O)(=O)Nc1ccc(F)c(-c2nc(SC)[nH]c(=O)c2C#N)c1F. The molecule has 0 bridgehead atoms. The zero-order chi connectivity index (χ0) is 19.5. The van der Waals surface area contributed by atoms with Gasteiger partial charge in [0.05, 0.1) is 17.0 Å². The van der Waals surface area contributed by atoms with E-state index in [1.165, 1.54) is 0 Å². The average molecular weight is 400 g/mol. The lowest BCUT2D eigenvalue weighted by molar-refractivity contribution is 0.586. The Kier molecular flexibility index (Phi) is 5.99. The molecule has 1 heterocycles. The smallest absolute Gasteiger partial charge is 0.270 e. The normalized spacial score (nSPS) is 11.2. The Morgan fingerprint density at radius 2 is 2.08 bits per heavy atom. The first-order chi connectivity index (χ1) is 12.2. The summed E-state index contributed by atoms with van der Waals surface area (Å²) in [6.07, 6.45) is 1.88. The minimum absolute atomic E-state index is 0.0553. The van der Waals surface area contributed by atoms with Crippen LogP contribution in [0.1, 0.15) is 18.9 Å². The fourth-order valence-corrected chi connectivity index (χ4v) is 3.68. The molecule has 0 aliphatic rings. The summed E-state index contributed by atoms with van der Waals surface area (Å²) >= 11 is 1.01. The second kappa shape index (κ2) is 7.84. The van der Waals surface area contributed by atoms with Gasteiger partial charge in [0, 0.05) is 0 Å². The van der Waals surface area contributed by atoms with Crippen molar-refractivity contribution >= 4 is 27.5 Å². The van der Waals surface area contributed by atoms with Gasteiger partial charge in [0.1, 0.15) is 23.1 Å². The average Bonchev–Trinajstić information content (AvgIpc) is 2.57. The topological polar surface area (TPSA) is 116 Å². The number of rotatable bonds is 6. The summed E-state index contributed by atoms with van der Waals surface area (Å²) in [6.45, 7) is 1.63. The van der Waals surface area contributed by atoms with Gasteiger partial charge in [-0.25, -0.2) is 22.2 Å². The molecule has 0 saturated carbocycles. The Hall–Kier alpha value is -2.45. The predicted molar refractivity (Wildman–Crippen MR) is 94.4 cm³/mol. The first-order valence-electron chi connectivity index (χ1n) is 7.31. The molecule has 1 aromatic heterocycles. The van der Waals surface area contributed by atoms with Crippen LogP contribution in [0.3, 0.4) is 0 Å². The van der Waals surface area contributed by atoms with Gasteiger partial charge in [-0.1, -0.05) is 18.7 Å². The van der Waals surface area contributed by atoms with Crippen LogP contribution in [-0.2, 0) is 10.0 Å². The molecule has 0 saturated heterocycles. The van der Waals surface area contributed by atoms with Crippen molar-refractivity contribution in [1.82, 2.24) is 9.97 Å². The number of thioether (sulfide) groups is 1. The number of sulfonamides is 1. The molecule has 26 heavy (non-hydrogen) atoms. The van der Waals surface area contributed by atoms with Gasteiger partial charge in [0.15, 0.2) is 11.0 Å². The van der Waals surface area contributed by atoms with E-state index in [9.17, 15) is 22.0 Å². The Morgan fingerprint density at radius 1 is 1.38 bits per heavy atom. The van der Waals surface area contributed by atoms with Crippen molar-refractivity contribution < 1.29 is 17.2 Å². The number of aromatic amines is 1. The van der Waals surface area contributed by atoms with E-state index in [-0.39, 0.29) is 10.9 Å². The molecule has 0 amide bonds. The van der Waals surface area contributed by atoms with Gasteiger partial charge in [0.25, 0.3) is 5.56 Å². The highest BCUT2D eigenvalue weighted by molar-refractivity contribution is 7.98. The summed E-state index contributed by atoms with van der Waals surface area (Å²) in [6, 6.07) is 3.33. The molecule has 0 unspecified atom stereocenters. The van der Waals surface area contributed by atoms with Crippen molar-refractivity contribution in [3.63, 3.8) is 0 Å². The van der Waals surface area contributed by atoms with Crippen molar-refractivity contribution in [1.29, 1.82) is 5.26 Å². The van der Waals surface area contributed by atoms with E-state index < -0.39 is 49.7 Å². The largest absolute Gasteiger partial charge is 0.300 e. The van der Waals surface area contributed by atoms with Gasteiger partial charge in [-0.2, -0.15) is 5.26 Å². The zero-order valence-electron chi connectivity index (χ0n) is 13.8. The minimum atomic E-state index is -3.83.